The molecule has 1 aliphatic heterocycles. The van der Waals surface area contributed by atoms with Crippen LogP contribution in [0, 0.1) is 5.41 Å². The third-order valence-electron chi connectivity index (χ3n) is 5.69. The maximum Gasteiger partial charge on any atom is 0.248 e. The molecule has 3 rings (SSSR count). The Hall–Kier alpha value is -1.72. The Morgan fingerprint density at radius 3 is 2.76 bits per heavy atom. The fraction of sp³-hybridized carbons (Fsp3) is 0.600. The first-order valence-electron chi connectivity index (χ1n) is 9.18. The molecule has 1 aromatic heterocycles. The molecule has 1 saturated heterocycles. The summed E-state index contributed by atoms with van der Waals surface area (Å²) in [6.07, 6.45) is 11.2. The SMILES string of the molecule is COCC(=O)N1CCC2(C=C[C@H](N(C)Cc3ccccn3)CC2)CC1. The first kappa shape index (κ1) is 18.1. The van der Waals surface area contributed by atoms with E-state index < -0.39 is 0 Å². The minimum Gasteiger partial charge on any atom is -0.375 e. The van der Waals surface area contributed by atoms with E-state index >= 15 is 0 Å². The zero-order valence-electron chi connectivity index (χ0n) is 15.4. The molecular formula is C20H29N3O2. The number of nitrogens with zero attached hydrogens (tertiary/aromatic N) is 3. The van der Waals surface area contributed by atoms with E-state index in [2.05, 4.69) is 35.1 Å². The molecular weight excluding hydrogens is 314 g/mol. The molecule has 1 aromatic rings. The highest BCUT2D eigenvalue weighted by Gasteiger charge is 2.36. The molecule has 0 saturated carbocycles. The van der Waals surface area contributed by atoms with Crippen LogP contribution >= 0.6 is 0 Å². The summed E-state index contributed by atoms with van der Waals surface area (Å²) in [5, 5.41) is 0. The van der Waals surface area contributed by atoms with Crippen LogP contribution in [0.1, 0.15) is 31.4 Å². The maximum atomic E-state index is 12.0. The van der Waals surface area contributed by atoms with Gasteiger partial charge >= 0.3 is 0 Å². The Morgan fingerprint density at radius 2 is 2.16 bits per heavy atom. The molecule has 0 N–H and O–H groups in total. The lowest BCUT2D eigenvalue weighted by molar-refractivity contribution is -0.137. The standard InChI is InChI=1S/C20H29N3O2/c1-22(15-17-5-3-4-12-21-17)18-6-8-20(9-7-18)10-13-23(14-11-20)19(24)16-25-2/h3-6,8,12,18H,7,9-11,13-16H2,1-2H3/t18-/m0/s1. The average Bonchev–Trinajstić information content (AvgIpc) is 2.64. The van der Waals surface area contributed by atoms with E-state index in [-0.39, 0.29) is 17.9 Å². The van der Waals surface area contributed by atoms with E-state index in [1.165, 1.54) is 12.8 Å². The van der Waals surface area contributed by atoms with Crippen LogP contribution in [0.25, 0.3) is 0 Å². The molecule has 1 spiro atoms. The van der Waals surface area contributed by atoms with Gasteiger partial charge in [-0.05, 0) is 50.3 Å². The number of likely N-dealkylation sites (N-methyl/N-ethyl adjacent to an activating group) is 1. The predicted molar refractivity (Wildman–Crippen MR) is 98.0 cm³/mol. The van der Waals surface area contributed by atoms with E-state index in [1.807, 2.05) is 23.2 Å². The van der Waals surface area contributed by atoms with E-state index in [9.17, 15) is 4.79 Å². The quantitative estimate of drug-likeness (QED) is 0.771. The van der Waals surface area contributed by atoms with Crippen molar-refractivity contribution in [1.29, 1.82) is 0 Å². The van der Waals surface area contributed by atoms with Crippen molar-refractivity contribution in [2.45, 2.75) is 38.3 Å². The Kier molecular flexibility index (Phi) is 5.86. The van der Waals surface area contributed by atoms with Crippen LogP contribution in [0.3, 0.4) is 0 Å². The van der Waals surface area contributed by atoms with Gasteiger partial charge in [0, 0.05) is 39.0 Å². The second-order valence-electron chi connectivity index (χ2n) is 7.38. The monoisotopic (exact) mass is 343 g/mol. The lowest BCUT2D eigenvalue weighted by atomic mass is 9.71. The normalized spacial score (nSPS) is 22.5. The number of ether oxygens (including phenoxy) is 1. The number of carbonyl (C=O) groups is 1. The van der Waals surface area contributed by atoms with E-state index in [1.54, 1.807) is 7.11 Å². The molecule has 2 heterocycles. The van der Waals surface area contributed by atoms with Crippen LogP contribution in [0.15, 0.2) is 36.5 Å². The van der Waals surface area contributed by atoms with Crippen molar-refractivity contribution in [3.8, 4) is 0 Å². The smallest absolute Gasteiger partial charge is 0.248 e. The summed E-state index contributed by atoms with van der Waals surface area (Å²) in [4.78, 5) is 20.7. The first-order valence-corrected chi connectivity index (χ1v) is 9.18. The molecule has 5 nitrogen and oxygen atoms in total. The van der Waals surface area contributed by atoms with Gasteiger partial charge in [-0.25, -0.2) is 0 Å². The summed E-state index contributed by atoms with van der Waals surface area (Å²) in [5.74, 6) is 0.116. The minimum absolute atomic E-state index is 0.116. The largest absolute Gasteiger partial charge is 0.375 e. The van der Waals surface area contributed by atoms with Crippen LogP contribution in [0.5, 0.6) is 0 Å². The van der Waals surface area contributed by atoms with Gasteiger partial charge in [-0.3, -0.25) is 14.7 Å². The molecule has 0 radical (unpaired) electrons. The Balaban J connectivity index is 1.53. The third-order valence-corrected chi connectivity index (χ3v) is 5.69. The molecule has 0 unspecified atom stereocenters. The number of carbonyl (C=O) groups excluding carboxylic acids is 1. The average molecular weight is 343 g/mol. The molecule has 25 heavy (non-hydrogen) atoms. The zero-order valence-corrected chi connectivity index (χ0v) is 15.4. The van der Waals surface area contributed by atoms with Gasteiger partial charge in [0.1, 0.15) is 6.61 Å². The summed E-state index contributed by atoms with van der Waals surface area (Å²) in [6.45, 7) is 2.77. The van der Waals surface area contributed by atoms with Crippen LogP contribution in [-0.2, 0) is 16.1 Å². The van der Waals surface area contributed by atoms with Crippen LogP contribution in [0.4, 0.5) is 0 Å². The molecule has 2 aliphatic rings. The molecule has 1 fully saturated rings. The van der Waals surface area contributed by atoms with Gasteiger partial charge < -0.3 is 9.64 Å². The van der Waals surface area contributed by atoms with Crippen molar-refractivity contribution in [2.75, 3.05) is 33.9 Å². The van der Waals surface area contributed by atoms with Gasteiger partial charge in [0.05, 0.1) is 5.69 Å². The Labute approximate surface area is 150 Å². The number of hydrogen-bond donors (Lipinski definition) is 0. The number of hydrogen-bond acceptors (Lipinski definition) is 4. The van der Waals surface area contributed by atoms with Gasteiger partial charge in [0.15, 0.2) is 0 Å². The predicted octanol–water partition coefficient (Wildman–Crippen LogP) is 2.49. The fourth-order valence-electron chi connectivity index (χ4n) is 3.99. The molecule has 5 heteroatoms. The van der Waals surface area contributed by atoms with Gasteiger partial charge in [0.2, 0.25) is 5.91 Å². The van der Waals surface area contributed by atoms with E-state index in [0.29, 0.717) is 6.04 Å². The highest BCUT2D eigenvalue weighted by atomic mass is 16.5. The van der Waals surface area contributed by atoms with Crippen molar-refractivity contribution in [1.82, 2.24) is 14.8 Å². The van der Waals surface area contributed by atoms with Crippen LogP contribution in [-0.4, -0.2) is 60.6 Å². The summed E-state index contributed by atoms with van der Waals surface area (Å²) in [7, 11) is 3.75. The lowest BCUT2D eigenvalue weighted by Crippen LogP contribution is -2.45. The van der Waals surface area contributed by atoms with Crippen LogP contribution < -0.4 is 0 Å². The molecule has 1 aliphatic carbocycles. The molecule has 1 atom stereocenters. The minimum atomic E-state index is 0.116. The van der Waals surface area contributed by atoms with E-state index in [4.69, 9.17) is 4.74 Å². The van der Waals surface area contributed by atoms with Gasteiger partial charge in [-0.15, -0.1) is 0 Å². The summed E-state index contributed by atoms with van der Waals surface area (Å²) < 4.78 is 4.97. The second-order valence-corrected chi connectivity index (χ2v) is 7.38. The van der Waals surface area contributed by atoms with Gasteiger partial charge in [0.25, 0.3) is 0 Å². The molecule has 0 aromatic carbocycles. The van der Waals surface area contributed by atoms with Crippen molar-refractivity contribution in [3.05, 3.63) is 42.2 Å². The topological polar surface area (TPSA) is 45.7 Å². The van der Waals surface area contributed by atoms with Crippen molar-refractivity contribution >= 4 is 5.91 Å². The summed E-state index contributed by atoms with van der Waals surface area (Å²) in [6, 6.07) is 6.55. The number of allylic oxidation sites excluding steroid dienone is 1. The molecule has 0 bridgehead atoms. The number of rotatable bonds is 5. The van der Waals surface area contributed by atoms with Crippen molar-refractivity contribution < 1.29 is 9.53 Å². The highest BCUT2D eigenvalue weighted by molar-refractivity contribution is 5.77. The molecule has 136 valence electrons. The number of aromatic nitrogens is 1. The second kappa shape index (κ2) is 8.11. The summed E-state index contributed by atoms with van der Waals surface area (Å²) in [5.41, 5.74) is 1.40. The number of methoxy groups -OCH3 is 1. The van der Waals surface area contributed by atoms with Gasteiger partial charge in [-0.2, -0.15) is 0 Å². The zero-order chi connectivity index (χ0) is 17.7. The Morgan fingerprint density at radius 1 is 1.36 bits per heavy atom. The first-order chi connectivity index (χ1) is 12.1. The highest BCUT2D eigenvalue weighted by Crippen LogP contribution is 2.41. The number of likely N-dealkylation sites (tertiary alicyclic amines) is 1. The number of pyridine rings is 1. The number of piperidine rings is 1. The third kappa shape index (κ3) is 4.47. The maximum absolute atomic E-state index is 12.0. The van der Waals surface area contributed by atoms with Crippen molar-refractivity contribution in [3.63, 3.8) is 0 Å². The fourth-order valence-corrected chi connectivity index (χ4v) is 3.99. The summed E-state index contributed by atoms with van der Waals surface area (Å²) >= 11 is 0. The van der Waals surface area contributed by atoms with Crippen molar-refractivity contribution in [2.24, 2.45) is 5.41 Å². The van der Waals surface area contributed by atoms with E-state index in [0.717, 1.165) is 38.2 Å². The molecule has 1 amide bonds. The Bertz CT molecular complexity index is 594. The number of amides is 1. The lowest BCUT2D eigenvalue weighted by Gasteiger charge is -2.43. The van der Waals surface area contributed by atoms with Gasteiger partial charge in [-0.1, -0.05) is 18.2 Å². The van der Waals surface area contributed by atoms with Crippen LogP contribution in [0.2, 0.25) is 0 Å².